The predicted octanol–water partition coefficient (Wildman–Crippen LogP) is 4.25. The smallest absolute Gasteiger partial charge is 0.224 e. The van der Waals surface area contributed by atoms with Crippen LogP contribution < -0.4 is 4.74 Å². The number of carbonyl (C=O) groups excluding carboxylic acids is 2. The molecule has 5 heteroatoms. The monoisotopic (exact) mass is 355 g/mol. The van der Waals surface area contributed by atoms with Crippen molar-refractivity contribution in [1.29, 1.82) is 0 Å². The first-order valence-corrected chi connectivity index (χ1v) is 9.19. The van der Waals surface area contributed by atoms with E-state index in [0.29, 0.717) is 13.0 Å². The Hall–Kier alpha value is -2.27. The lowest BCUT2D eigenvalue weighted by atomic mass is 10.2. The number of rotatable bonds is 5. The molecule has 0 saturated carbocycles. The molecule has 0 bridgehead atoms. The summed E-state index contributed by atoms with van der Waals surface area (Å²) in [7, 11) is 0. The molecule has 2 aromatic rings. The van der Waals surface area contributed by atoms with Gasteiger partial charge in [0, 0.05) is 31.2 Å². The van der Waals surface area contributed by atoms with E-state index in [2.05, 4.69) is 0 Å². The Morgan fingerprint density at radius 1 is 1.12 bits per heavy atom. The fourth-order valence-corrected chi connectivity index (χ4v) is 3.95. The normalized spacial score (nSPS) is 19.9. The molecule has 2 atom stereocenters. The Kier molecular flexibility index (Phi) is 5.43. The number of thioether (sulfide) groups is 1. The van der Waals surface area contributed by atoms with E-state index in [1.165, 1.54) is 11.8 Å². The van der Waals surface area contributed by atoms with E-state index in [-0.39, 0.29) is 22.3 Å². The minimum Gasteiger partial charge on any atom is -0.457 e. The summed E-state index contributed by atoms with van der Waals surface area (Å²) < 4.78 is 5.79. The maximum Gasteiger partial charge on any atom is 0.224 e. The largest absolute Gasteiger partial charge is 0.457 e. The second kappa shape index (κ2) is 7.74. The van der Waals surface area contributed by atoms with Crippen LogP contribution in [0.15, 0.2) is 54.6 Å². The number of nitrogens with zero attached hydrogens (tertiary/aromatic N) is 1. The average molecular weight is 355 g/mol. The molecule has 0 unspecified atom stereocenters. The van der Waals surface area contributed by atoms with Crippen LogP contribution in [0.2, 0.25) is 0 Å². The molecule has 25 heavy (non-hydrogen) atoms. The van der Waals surface area contributed by atoms with Gasteiger partial charge in [-0.25, -0.2) is 0 Å². The molecule has 0 aromatic heterocycles. The lowest BCUT2D eigenvalue weighted by molar-refractivity contribution is -0.129. The maximum absolute atomic E-state index is 12.3. The van der Waals surface area contributed by atoms with Crippen LogP contribution in [0.4, 0.5) is 0 Å². The van der Waals surface area contributed by atoms with Crippen LogP contribution >= 0.6 is 11.8 Å². The SMILES string of the molecule is CC(=O)S[C@H]1CC(=O)N(Cc2ccc(Oc3ccccc3)cc2)[C@H]1C. The van der Waals surface area contributed by atoms with Crippen molar-refractivity contribution in [2.75, 3.05) is 0 Å². The molecule has 3 rings (SSSR count). The molecule has 2 aromatic carbocycles. The van der Waals surface area contributed by atoms with Crippen molar-refractivity contribution in [2.45, 2.75) is 38.1 Å². The average Bonchev–Trinajstić information content (AvgIpc) is 2.84. The third kappa shape index (κ3) is 4.42. The van der Waals surface area contributed by atoms with E-state index in [0.717, 1.165) is 17.1 Å². The van der Waals surface area contributed by atoms with Gasteiger partial charge in [-0.3, -0.25) is 9.59 Å². The van der Waals surface area contributed by atoms with Crippen LogP contribution in [-0.2, 0) is 16.1 Å². The van der Waals surface area contributed by atoms with Crippen molar-refractivity contribution in [3.8, 4) is 11.5 Å². The van der Waals surface area contributed by atoms with Crippen molar-refractivity contribution in [2.24, 2.45) is 0 Å². The lowest BCUT2D eigenvalue weighted by Crippen LogP contribution is -2.33. The first-order chi connectivity index (χ1) is 12.0. The molecule has 0 aliphatic carbocycles. The number of amides is 1. The third-order valence-electron chi connectivity index (χ3n) is 4.30. The van der Waals surface area contributed by atoms with Gasteiger partial charge in [0.15, 0.2) is 5.12 Å². The highest BCUT2D eigenvalue weighted by molar-refractivity contribution is 8.14. The molecule has 1 aliphatic heterocycles. The van der Waals surface area contributed by atoms with Gasteiger partial charge in [0.25, 0.3) is 0 Å². The minimum atomic E-state index is 0.0469. The summed E-state index contributed by atoms with van der Waals surface area (Å²) in [6.07, 6.45) is 0.431. The molecule has 1 amide bonds. The number of ether oxygens (including phenoxy) is 1. The molecule has 0 spiro atoms. The summed E-state index contributed by atoms with van der Waals surface area (Å²) in [5, 5.41) is 0.111. The Labute approximate surface area is 152 Å². The first-order valence-electron chi connectivity index (χ1n) is 8.31. The fraction of sp³-hybridized carbons (Fsp3) is 0.300. The summed E-state index contributed by atoms with van der Waals surface area (Å²) in [6.45, 7) is 4.12. The first kappa shape index (κ1) is 17.5. The summed E-state index contributed by atoms with van der Waals surface area (Å²) >= 11 is 1.27. The van der Waals surface area contributed by atoms with Gasteiger partial charge in [-0.1, -0.05) is 42.1 Å². The van der Waals surface area contributed by atoms with Crippen LogP contribution in [-0.4, -0.2) is 27.2 Å². The molecule has 130 valence electrons. The van der Waals surface area contributed by atoms with Crippen LogP contribution in [0.5, 0.6) is 11.5 Å². The molecular weight excluding hydrogens is 334 g/mol. The van der Waals surface area contributed by atoms with E-state index < -0.39 is 0 Å². The Bertz CT molecular complexity index is 745. The molecule has 1 heterocycles. The van der Waals surface area contributed by atoms with Crippen LogP contribution in [0, 0.1) is 0 Å². The molecule has 1 fully saturated rings. The van der Waals surface area contributed by atoms with Gasteiger partial charge >= 0.3 is 0 Å². The highest BCUT2D eigenvalue weighted by Crippen LogP contribution is 2.31. The van der Waals surface area contributed by atoms with E-state index in [4.69, 9.17) is 4.74 Å². The number of hydrogen-bond donors (Lipinski definition) is 0. The van der Waals surface area contributed by atoms with Crippen LogP contribution in [0.1, 0.15) is 25.8 Å². The van der Waals surface area contributed by atoms with Gasteiger partial charge in [-0.2, -0.15) is 0 Å². The van der Waals surface area contributed by atoms with Crippen molar-refractivity contribution >= 4 is 22.8 Å². The third-order valence-corrected chi connectivity index (χ3v) is 5.49. The van der Waals surface area contributed by atoms with E-state index >= 15 is 0 Å². The van der Waals surface area contributed by atoms with Crippen LogP contribution in [0.25, 0.3) is 0 Å². The number of hydrogen-bond acceptors (Lipinski definition) is 4. The van der Waals surface area contributed by atoms with Crippen molar-refractivity contribution in [1.82, 2.24) is 4.90 Å². The van der Waals surface area contributed by atoms with Crippen molar-refractivity contribution in [3.63, 3.8) is 0 Å². The number of carbonyl (C=O) groups is 2. The summed E-state index contributed by atoms with van der Waals surface area (Å²) in [4.78, 5) is 25.4. The molecule has 1 saturated heterocycles. The number of benzene rings is 2. The van der Waals surface area contributed by atoms with Gasteiger partial charge in [0.2, 0.25) is 5.91 Å². The Balaban J connectivity index is 1.63. The Morgan fingerprint density at radius 3 is 2.40 bits per heavy atom. The zero-order chi connectivity index (χ0) is 17.8. The predicted molar refractivity (Wildman–Crippen MR) is 99.6 cm³/mol. The maximum atomic E-state index is 12.3. The van der Waals surface area contributed by atoms with Crippen molar-refractivity contribution in [3.05, 3.63) is 60.2 Å². The van der Waals surface area contributed by atoms with Crippen molar-refractivity contribution < 1.29 is 14.3 Å². The Morgan fingerprint density at radius 2 is 1.76 bits per heavy atom. The summed E-state index contributed by atoms with van der Waals surface area (Å²) in [6, 6.07) is 17.5. The van der Waals surface area contributed by atoms with Crippen LogP contribution in [0.3, 0.4) is 0 Å². The highest BCUT2D eigenvalue weighted by Gasteiger charge is 2.37. The zero-order valence-electron chi connectivity index (χ0n) is 14.3. The zero-order valence-corrected chi connectivity index (χ0v) is 15.2. The minimum absolute atomic E-state index is 0.0469. The highest BCUT2D eigenvalue weighted by atomic mass is 32.2. The number of likely N-dealkylation sites (tertiary alicyclic amines) is 1. The summed E-state index contributed by atoms with van der Waals surface area (Å²) in [5.41, 5.74) is 1.05. The van der Waals surface area contributed by atoms with Gasteiger partial charge < -0.3 is 9.64 Å². The topological polar surface area (TPSA) is 46.6 Å². The molecule has 1 aliphatic rings. The van der Waals surface area contributed by atoms with E-state index in [9.17, 15) is 9.59 Å². The van der Waals surface area contributed by atoms with Gasteiger partial charge in [0.05, 0.1) is 0 Å². The summed E-state index contributed by atoms with van der Waals surface area (Å²) in [5.74, 6) is 1.67. The number of para-hydroxylation sites is 1. The van der Waals surface area contributed by atoms with E-state index in [1.807, 2.05) is 66.4 Å². The van der Waals surface area contributed by atoms with Gasteiger partial charge in [0.1, 0.15) is 11.5 Å². The molecule has 4 nitrogen and oxygen atoms in total. The second-order valence-corrected chi connectivity index (χ2v) is 7.59. The fourth-order valence-electron chi connectivity index (χ4n) is 2.96. The molecule has 0 N–H and O–H groups in total. The quantitative estimate of drug-likeness (QED) is 0.804. The lowest BCUT2D eigenvalue weighted by Gasteiger charge is -2.24. The molecular formula is C20H21NO3S. The standard InChI is InChI=1S/C20H21NO3S/c1-14-19(25-15(2)22)12-20(23)21(14)13-16-8-10-18(11-9-16)24-17-6-4-3-5-7-17/h3-11,14,19H,12-13H2,1-2H3/t14-,19-/m0/s1. The molecule has 0 radical (unpaired) electrons. The van der Waals surface area contributed by atoms with Gasteiger partial charge in [-0.05, 0) is 36.8 Å². The van der Waals surface area contributed by atoms with E-state index in [1.54, 1.807) is 6.92 Å². The second-order valence-electron chi connectivity index (χ2n) is 6.17. The van der Waals surface area contributed by atoms with Gasteiger partial charge in [-0.15, -0.1) is 0 Å².